The molecule has 0 atom stereocenters. The van der Waals surface area contributed by atoms with Crippen molar-refractivity contribution in [1.29, 1.82) is 0 Å². The van der Waals surface area contributed by atoms with Crippen LogP contribution in [0.2, 0.25) is 0 Å². The van der Waals surface area contributed by atoms with Crippen molar-refractivity contribution in [3.8, 4) is 11.3 Å². The maximum absolute atomic E-state index is 13.2. The van der Waals surface area contributed by atoms with Crippen LogP contribution in [-0.4, -0.2) is 27.5 Å². The average molecular weight is 454 g/mol. The van der Waals surface area contributed by atoms with Gasteiger partial charge in [-0.15, -0.1) is 17.9 Å². The van der Waals surface area contributed by atoms with Gasteiger partial charge in [0.25, 0.3) is 5.91 Å². The number of hydrogen-bond acceptors (Lipinski definition) is 5. The van der Waals surface area contributed by atoms with Crippen molar-refractivity contribution in [3.05, 3.63) is 101 Å². The summed E-state index contributed by atoms with van der Waals surface area (Å²) in [6.07, 6.45) is 3.66. The van der Waals surface area contributed by atoms with Gasteiger partial charge in [-0.05, 0) is 34.2 Å². The van der Waals surface area contributed by atoms with Crippen LogP contribution in [0.4, 0.5) is 5.13 Å². The molecule has 0 bridgehead atoms. The molecule has 2 heterocycles. The van der Waals surface area contributed by atoms with Crippen molar-refractivity contribution in [2.24, 2.45) is 4.99 Å². The fourth-order valence-electron chi connectivity index (χ4n) is 3.54. The zero-order valence-corrected chi connectivity index (χ0v) is 18.8. The number of amides is 1. The van der Waals surface area contributed by atoms with E-state index < -0.39 is 0 Å². The average Bonchev–Trinajstić information content (AvgIpc) is 3.41. The smallest absolute Gasteiger partial charge is 0.267 e. The van der Waals surface area contributed by atoms with Gasteiger partial charge in [-0.25, -0.2) is 4.98 Å². The topological polar surface area (TPSA) is 45.6 Å². The second-order valence-electron chi connectivity index (χ2n) is 7.16. The molecular weight excluding hydrogens is 434 g/mol. The van der Waals surface area contributed by atoms with Crippen molar-refractivity contribution < 1.29 is 4.79 Å². The molecule has 156 valence electrons. The second-order valence-corrected chi connectivity index (χ2v) is 9.00. The summed E-state index contributed by atoms with van der Waals surface area (Å²) in [6.45, 7) is 4.20. The number of thiazole rings is 1. The highest BCUT2D eigenvalue weighted by Crippen LogP contribution is 2.36. The maximum Gasteiger partial charge on any atom is 0.267 e. The van der Waals surface area contributed by atoms with Crippen LogP contribution in [0.3, 0.4) is 0 Å². The van der Waals surface area contributed by atoms with Gasteiger partial charge in [-0.2, -0.15) is 4.99 Å². The van der Waals surface area contributed by atoms with Gasteiger partial charge in [0.15, 0.2) is 5.17 Å². The molecule has 32 heavy (non-hydrogen) atoms. The lowest BCUT2D eigenvalue weighted by molar-refractivity contribution is -0.121. The van der Waals surface area contributed by atoms with E-state index in [2.05, 4.69) is 29.8 Å². The first kappa shape index (κ1) is 20.4. The predicted octanol–water partition coefficient (Wildman–Crippen LogP) is 6.75. The fraction of sp³-hybridized carbons (Fsp3) is 0.0385. The summed E-state index contributed by atoms with van der Waals surface area (Å²) in [5.41, 5.74) is 2.94. The standard InChI is InChI=1S/C26H19N3OS2/c1-2-15-29-24(30)23(16-20-13-8-12-18-9-6-7-14-21(18)20)32-26(29)28-25-27-22(17-31-25)19-10-4-3-5-11-19/h2-14,16-17H,1,15H2/b23-16-,28-26+. The van der Waals surface area contributed by atoms with Gasteiger partial charge >= 0.3 is 0 Å². The van der Waals surface area contributed by atoms with Gasteiger partial charge in [0.1, 0.15) is 0 Å². The molecule has 0 N–H and O–H groups in total. The summed E-state index contributed by atoms with van der Waals surface area (Å²) in [5, 5.41) is 5.49. The van der Waals surface area contributed by atoms with E-state index in [0.29, 0.717) is 21.7 Å². The Morgan fingerprint density at radius 3 is 2.62 bits per heavy atom. The molecule has 0 spiro atoms. The minimum Gasteiger partial charge on any atom is -0.282 e. The maximum atomic E-state index is 13.2. The molecule has 0 aliphatic carbocycles. The molecule has 0 saturated carbocycles. The lowest BCUT2D eigenvalue weighted by Crippen LogP contribution is -2.29. The number of thioether (sulfide) groups is 1. The van der Waals surface area contributed by atoms with Crippen LogP contribution in [-0.2, 0) is 4.79 Å². The molecule has 1 amide bonds. The summed E-state index contributed by atoms with van der Waals surface area (Å²) in [4.78, 5) is 24.8. The summed E-state index contributed by atoms with van der Waals surface area (Å²) < 4.78 is 0. The Balaban J connectivity index is 1.50. The van der Waals surface area contributed by atoms with Crippen LogP contribution in [0.5, 0.6) is 0 Å². The van der Waals surface area contributed by atoms with Crippen molar-refractivity contribution >= 4 is 56.2 Å². The van der Waals surface area contributed by atoms with Crippen LogP contribution in [0, 0.1) is 0 Å². The summed E-state index contributed by atoms with van der Waals surface area (Å²) in [6, 6.07) is 24.3. The first-order chi connectivity index (χ1) is 15.7. The summed E-state index contributed by atoms with van der Waals surface area (Å²) >= 11 is 2.84. The molecule has 5 rings (SSSR count). The molecule has 6 heteroatoms. The van der Waals surface area contributed by atoms with Gasteiger partial charge < -0.3 is 0 Å². The van der Waals surface area contributed by atoms with Crippen LogP contribution < -0.4 is 0 Å². The van der Waals surface area contributed by atoms with Crippen LogP contribution in [0.15, 0.2) is 101 Å². The lowest BCUT2D eigenvalue weighted by Gasteiger charge is -2.11. The van der Waals surface area contributed by atoms with E-state index in [1.54, 1.807) is 11.0 Å². The Morgan fingerprint density at radius 2 is 1.78 bits per heavy atom. The first-order valence-electron chi connectivity index (χ1n) is 10.1. The Bertz CT molecular complexity index is 1370. The minimum atomic E-state index is -0.0681. The molecule has 1 fully saturated rings. The highest BCUT2D eigenvalue weighted by atomic mass is 32.2. The number of nitrogens with zero attached hydrogens (tertiary/aromatic N) is 3. The Kier molecular flexibility index (Phi) is 5.71. The normalized spacial score (nSPS) is 16.4. The molecule has 1 saturated heterocycles. The zero-order valence-electron chi connectivity index (χ0n) is 17.1. The lowest BCUT2D eigenvalue weighted by atomic mass is 10.0. The van der Waals surface area contributed by atoms with Crippen molar-refractivity contribution in [2.45, 2.75) is 0 Å². The quantitative estimate of drug-likeness (QED) is 0.248. The molecule has 4 nitrogen and oxygen atoms in total. The highest BCUT2D eigenvalue weighted by molar-refractivity contribution is 8.18. The van der Waals surface area contributed by atoms with E-state index in [1.807, 2.05) is 66.1 Å². The van der Waals surface area contributed by atoms with Gasteiger partial charge in [0.05, 0.1) is 10.6 Å². The number of fused-ring (bicyclic) bond motifs is 1. The van der Waals surface area contributed by atoms with E-state index in [0.717, 1.165) is 27.6 Å². The molecule has 0 unspecified atom stereocenters. The van der Waals surface area contributed by atoms with Crippen LogP contribution in [0.25, 0.3) is 28.1 Å². The first-order valence-corrected chi connectivity index (χ1v) is 11.8. The Hall–Kier alpha value is -3.48. The highest BCUT2D eigenvalue weighted by Gasteiger charge is 2.33. The molecule has 1 aromatic heterocycles. The van der Waals surface area contributed by atoms with Crippen molar-refractivity contribution in [1.82, 2.24) is 9.88 Å². The van der Waals surface area contributed by atoms with E-state index in [-0.39, 0.29) is 5.91 Å². The van der Waals surface area contributed by atoms with Crippen LogP contribution >= 0.6 is 23.1 Å². The molecule has 1 aliphatic rings. The summed E-state index contributed by atoms with van der Waals surface area (Å²) in [5.74, 6) is -0.0681. The third kappa shape index (κ3) is 4.02. The number of benzene rings is 3. The van der Waals surface area contributed by atoms with E-state index in [9.17, 15) is 4.79 Å². The molecule has 1 aliphatic heterocycles. The van der Waals surface area contributed by atoms with Crippen molar-refractivity contribution in [3.63, 3.8) is 0 Å². The molecule has 0 radical (unpaired) electrons. The van der Waals surface area contributed by atoms with Gasteiger partial charge in [0.2, 0.25) is 5.13 Å². The van der Waals surface area contributed by atoms with Gasteiger partial charge in [-0.3, -0.25) is 9.69 Å². The monoisotopic (exact) mass is 453 g/mol. The Labute approximate surface area is 194 Å². The summed E-state index contributed by atoms with van der Waals surface area (Å²) in [7, 11) is 0. The largest absolute Gasteiger partial charge is 0.282 e. The number of aromatic nitrogens is 1. The second kappa shape index (κ2) is 8.94. The predicted molar refractivity (Wildman–Crippen MR) is 136 cm³/mol. The number of amidine groups is 1. The zero-order chi connectivity index (χ0) is 21.9. The van der Waals surface area contributed by atoms with E-state index in [4.69, 9.17) is 4.99 Å². The van der Waals surface area contributed by atoms with Gasteiger partial charge in [0, 0.05) is 17.5 Å². The van der Waals surface area contributed by atoms with E-state index >= 15 is 0 Å². The Morgan fingerprint density at radius 1 is 1.00 bits per heavy atom. The fourth-order valence-corrected chi connectivity index (χ4v) is 5.27. The minimum absolute atomic E-state index is 0.0681. The SMILES string of the molecule is C=CCN1C(=O)/C(=C/c2cccc3ccccc23)S/C1=N/c1nc(-c2ccccc2)cs1. The van der Waals surface area contributed by atoms with Gasteiger partial charge in [-0.1, -0.05) is 78.9 Å². The molecular formula is C26H19N3OS2. The number of rotatable bonds is 5. The van der Waals surface area contributed by atoms with Crippen LogP contribution in [0.1, 0.15) is 5.56 Å². The van der Waals surface area contributed by atoms with E-state index in [1.165, 1.54) is 23.1 Å². The van der Waals surface area contributed by atoms with Crippen molar-refractivity contribution in [2.75, 3.05) is 6.54 Å². The number of carbonyl (C=O) groups is 1. The number of carbonyl (C=O) groups excluding carboxylic acids is 1. The third-order valence-corrected chi connectivity index (χ3v) is 6.80. The third-order valence-electron chi connectivity index (χ3n) is 5.06. The number of aliphatic imine (C=N–C) groups is 1. The molecule has 3 aromatic carbocycles. The number of hydrogen-bond donors (Lipinski definition) is 0. The molecule has 4 aromatic rings.